The minimum absolute atomic E-state index is 0.113. The van der Waals surface area contributed by atoms with Crippen LogP contribution >= 0.6 is 11.3 Å². The third-order valence-corrected chi connectivity index (χ3v) is 5.39. The second-order valence-electron chi connectivity index (χ2n) is 6.45. The summed E-state index contributed by atoms with van der Waals surface area (Å²) in [4.78, 5) is 16.7. The second kappa shape index (κ2) is 6.14. The summed E-state index contributed by atoms with van der Waals surface area (Å²) in [7, 11) is 0. The molecule has 0 bridgehead atoms. The van der Waals surface area contributed by atoms with E-state index in [1.54, 1.807) is 11.3 Å². The fraction of sp³-hybridized carbons (Fsp3) is 0.200. The number of aromatic nitrogens is 1. The SMILES string of the molecule is O=C(Nc1cccc(-c2nc(-c3ccc4c(c3)OCO4)cs2)c1)C1CC1. The largest absolute Gasteiger partial charge is 0.454 e. The summed E-state index contributed by atoms with van der Waals surface area (Å²) in [6, 6.07) is 13.7. The Balaban J connectivity index is 1.40. The lowest BCUT2D eigenvalue weighted by Crippen LogP contribution is -2.13. The zero-order chi connectivity index (χ0) is 17.5. The number of amides is 1. The van der Waals surface area contributed by atoms with E-state index in [9.17, 15) is 4.79 Å². The molecule has 0 unspecified atom stereocenters. The van der Waals surface area contributed by atoms with Crippen LogP contribution in [0.2, 0.25) is 0 Å². The third kappa shape index (κ3) is 2.93. The Bertz CT molecular complexity index is 994. The van der Waals surface area contributed by atoms with Crippen LogP contribution in [0, 0.1) is 5.92 Å². The molecule has 0 atom stereocenters. The smallest absolute Gasteiger partial charge is 0.231 e. The highest BCUT2D eigenvalue weighted by atomic mass is 32.1. The van der Waals surface area contributed by atoms with Crippen molar-refractivity contribution >= 4 is 22.9 Å². The van der Waals surface area contributed by atoms with Gasteiger partial charge in [-0.05, 0) is 43.2 Å². The summed E-state index contributed by atoms with van der Waals surface area (Å²) in [5.74, 6) is 1.82. The number of hydrogen-bond acceptors (Lipinski definition) is 5. The molecule has 1 aliphatic heterocycles. The number of hydrogen-bond donors (Lipinski definition) is 1. The van der Waals surface area contributed by atoms with Crippen LogP contribution < -0.4 is 14.8 Å². The molecule has 5 rings (SSSR count). The average Bonchev–Trinajstić information content (AvgIpc) is 3.21. The monoisotopic (exact) mass is 364 g/mol. The zero-order valence-electron chi connectivity index (χ0n) is 13.9. The van der Waals surface area contributed by atoms with Gasteiger partial charge in [0, 0.05) is 28.1 Å². The number of nitrogens with zero attached hydrogens (tertiary/aromatic N) is 1. The van der Waals surface area contributed by atoms with Crippen molar-refractivity contribution in [1.29, 1.82) is 0 Å². The average molecular weight is 364 g/mol. The molecule has 1 saturated carbocycles. The Morgan fingerprint density at radius 3 is 2.85 bits per heavy atom. The van der Waals surface area contributed by atoms with Gasteiger partial charge in [-0.25, -0.2) is 4.98 Å². The number of carbonyl (C=O) groups excluding carboxylic acids is 1. The van der Waals surface area contributed by atoms with Gasteiger partial charge in [0.2, 0.25) is 12.7 Å². The van der Waals surface area contributed by atoms with Gasteiger partial charge in [-0.15, -0.1) is 11.3 Å². The van der Waals surface area contributed by atoms with Crippen LogP contribution in [0.4, 0.5) is 5.69 Å². The summed E-state index contributed by atoms with van der Waals surface area (Å²) < 4.78 is 10.8. The van der Waals surface area contributed by atoms with Crippen molar-refractivity contribution in [2.75, 3.05) is 12.1 Å². The van der Waals surface area contributed by atoms with Gasteiger partial charge in [-0.1, -0.05) is 12.1 Å². The minimum atomic E-state index is 0.113. The molecule has 0 spiro atoms. The quantitative estimate of drug-likeness (QED) is 0.737. The van der Waals surface area contributed by atoms with E-state index in [2.05, 4.69) is 5.32 Å². The van der Waals surface area contributed by atoms with Crippen LogP contribution in [0.25, 0.3) is 21.8 Å². The summed E-state index contributed by atoms with van der Waals surface area (Å²) in [5, 5.41) is 5.94. The predicted molar refractivity (Wildman–Crippen MR) is 100 cm³/mol. The molecule has 1 fully saturated rings. The van der Waals surface area contributed by atoms with E-state index >= 15 is 0 Å². The van der Waals surface area contributed by atoms with E-state index in [1.165, 1.54) is 0 Å². The Hall–Kier alpha value is -2.86. The van der Waals surface area contributed by atoms with E-state index < -0.39 is 0 Å². The van der Waals surface area contributed by atoms with Crippen LogP contribution in [-0.2, 0) is 4.79 Å². The molecular formula is C20H16N2O3S. The maximum Gasteiger partial charge on any atom is 0.231 e. The molecule has 2 aromatic carbocycles. The normalized spacial score (nSPS) is 15.1. The van der Waals surface area contributed by atoms with E-state index in [-0.39, 0.29) is 18.6 Å². The molecule has 2 aliphatic rings. The van der Waals surface area contributed by atoms with E-state index in [0.29, 0.717) is 0 Å². The minimum Gasteiger partial charge on any atom is -0.454 e. The molecule has 1 aliphatic carbocycles. The predicted octanol–water partition coefficient (Wildman–Crippen LogP) is 4.55. The molecule has 1 aromatic heterocycles. The highest BCUT2D eigenvalue weighted by molar-refractivity contribution is 7.13. The first-order valence-electron chi connectivity index (χ1n) is 8.53. The lowest BCUT2D eigenvalue weighted by Gasteiger charge is -2.05. The van der Waals surface area contributed by atoms with Gasteiger partial charge in [-0.3, -0.25) is 4.79 Å². The summed E-state index contributed by atoms with van der Waals surface area (Å²) >= 11 is 1.58. The van der Waals surface area contributed by atoms with Gasteiger partial charge < -0.3 is 14.8 Å². The molecule has 1 N–H and O–H groups in total. The number of benzene rings is 2. The number of nitrogens with one attached hydrogen (secondary N) is 1. The maximum absolute atomic E-state index is 12.0. The standard InChI is InChI=1S/C20H16N2O3S/c23-19(12-4-5-12)21-15-3-1-2-14(8-15)20-22-16(10-26-20)13-6-7-17-18(9-13)25-11-24-17/h1-3,6-10,12H,4-5,11H2,(H,21,23). The van der Waals surface area contributed by atoms with Crippen LogP contribution in [0.3, 0.4) is 0 Å². The number of thiazole rings is 1. The van der Waals surface area contributed by atoms with Crippen LogP contribution in [0.15, 0.2) is 47.8 Å². The topological polar surface area (TPSA) is 60.5 Å². The Kier molecular flexibility index (Phi) is 3.64. The van der Waals surface area contributed by atoms with Gasteiger partial charge in [0.15, 0.2) is 11.5 Å². The molecule has 0 saturated heterocycles. The van der Waals surface area contributed by atoms with E-state index in [0.717, 1.165) is 51.9 Å². The van der Waals surface area contributed by atoms with Gasteiger partial charge in [0.05, 0.1) is 5.69 Å². The zero-order valence-corrected chi connectivity index (χ0v) is 14.7. The Morgan fingerprint density at radius 1 is 1.08 bits per heavy atom. The maximum atomic E-state index is 12.0. The van der Waals surface area contributed by atoms with Crippen molar-refractivity contribution in [3.8, 4) is 33.3 Å². The van der Waals surface area contributed by atoms with Crippen molar-refractivity contribution in [2.45, 2.75) is 12.8 Å². The first-order valence-corrected chi connectivity index (χ1v) is 9.41. The van der Waals surface area contributed by atoms with Crippen molar-refractivity contribution in [3.05, 3.63) is 47.8 Å². The second-order valence-corrected chi connectivity index (χ2v) is 7.31. The highest BCUT2D eigenvalue weighted by Crippen LogP contribution is 2.37. The first kappa shape index (κ1) is 15.4. The molecule has 5 nitrogen and oxygen atoms in total. The first-order chi connectivity index (χ1) is 12.8. The molecule has 3 aromatic rings. The molecule has 130 valence electrons. The lowest BCUT2D eigenvalue weighted by molar-refractivity contribution is -0.117. The van der Waals surface area contributed by atoms with Gasteiger partial charge >= 0.3 is 0 Å². The number of anilines is 1. The summed E-state index contributed by atoms with van der Waals surface area (Å²) in [6.45, 7) is 0.264. The molecule has 2 heterocycles. The lowest BCUT2D eigenvalue weighted by atomic mass is 10.1. The number of rotatable bonds is 4. The van der Waals surface area contributed by atoms with Gasteiger partial charge in [0.25, 0.3) is 0 Å². The Labute approximate surface area is 154 Å². The van der Waals surface area contributed by atoms with Crippen LogP contribution in [-0.4, -0.2) is 17.7 Å². The number of fused-ring (bicyclic) bond motifs is 1. The molecule has 26 heavy (non-hydrogen) atoms. The van der Waals surface area contributed by atoms with Crippen molar-refractivity contribution in [2.24, 2.45) is 5.92 Å². The number of ether oxygens (including phenoxy) is 2. The fourth-order valence-electron chi connectivity index (χ4n) is 2.91. The van der Waals surface area contributed by atoms with Gasteiger partial charge in [0.1, 0.15) is 5.01 Å². The van der Waals surface area contributed by atoms with E-state index in [4.69, 9.17) is 14.5 Å². The molecular weight excluding hydrogens is 348 g/mol. The van der Waals surface area contributed by atoms with Crippen LogP contribution in [0.5, 0.6) is 11.5 Å². The summed E-state index contributed by atoms with van der Waals surface area (Å²) in [6.07, 6.45) is 1.99. The fourth-order valence-corrected chi connectivity index (χ4v) is 3.74. The van der Waals surface area contributed by atoms with Gasteiger partial charge in [-0.2, -0.15) is 0 Å². The van der Waals surface area contributed by atoms with E-state index in [1.807, 2.05) is 47.8 Å². The Morgan fingerprint density at radius 2 is 1.96 bits per heavy atom. The highest BCUT2D eigenvalue weighted by Gasteiger charge is 2.29. The molecule has 6 heteroatoms. The van der Waals surface area contributed by atoms with Crippen molar-refractivity contribution < 1.29 is 14.3 Å². The molecule has 0 radical (unpaired) electrons. The van der Waals surface area contributed by atoms with Crippen molar-refractivity contribution in [1.82, 2.24) is 4.98 Å². The van der Waals surface area contributed by atoms with Crippen molar-refractivity contribution in [3.63, 3.8) is 0 Å². The van der Waals surface area contributed by atoms with Crippen LogP contribution in [0.1, 0.15) is 12.8 Å². The number of carbonyl (C=O) groups is 1. The molecule has 1 amide bonds. The third-order valence-electron chi connectivity index (χ3n) is 4.50. The summed E-state index contributed by atoms with van der Waals surface area (Å²) in [5.41, 5.74) is 3.71.